The molecule has 1 heterocycles. The van der Waals surface area contributed by atoms with Crippen molar-refractivity contribution in [2.75, 3.05) is 13.7 Å². The van der Waals surface area contributed by atoms with Gasteiger partial charge in [-0.25, -0.2) is 8.76 Å². The summed E-state index contributed by atoms with van der Waals surface area (Å²) in [5.74, 6) is -1.34. The van der Waals surface area contributed by atoms with Crippen molar-refractivity contribution in [1.29, 1.82) is 0 Å². The number of rotatable bonds is 6. The van der Waals surface area contributed by atoms with E-state index in [1.54, 1.807) is 12.3 Å². The molecule has 0 saturated heterocycles. The van der Waals surface area contributed by atoms with Gasteiger partial charge in [-0.3, -0.25) is 9.59 Å². The molecule has 5 nitrogen and oxygen atoms in total. The summed E-state index contributed by atoms with van der Waals surface area (Å²) in [5, 5.41) is 2.57. The second kappa shape index (κ2) is 7.82. The molecular weight excluding hydrogens is 319 g/mol. The van der Waals surface area contributed by atoms with Gasteiger partial charge in [-0.1, -0.05) is 6.92 Å². The molecule has 0 fully saturated rings. The number of carbonyl (C=O) groups is 2. The van der Waals surface area contributed by atoms with Gasteiger partial charge in [-0.15, -0.1) is 0 Å². The van der Waals surface area contributed by atoms with Crippen molar-refractivity contribution in [3.05, 3.63) is 40.7 Å². The van der Waals surface area contributed by atoms with E-state index < -0.39 is 17.7 Å². The lowest BCUT2D eigenvalue weighted by Gasteiger charge is -2.07. The maximum atomic E-state index is 13.8. The van der Waals surface area contributed by atoms with Crippen molar-refractivity contribution < 1.29 is 18.7 Å². The summed E-state index contributed by atoms with van der Waals surface area (Å²) in [7, 11) is 1.28. The predicted molar refractivity (Wildman–Crippen MR) is 85.9 cm³/mol. The lowest BCUT2D eigenvalue weighted by molar-refractivity contribution is -0.140. The molecule has 0 unspecified atom stereocenters. The van der Waals surface area contributed by atoms with Crippen LogP contribution >= 0.6 is 11.5 Å². The molecule has 7 heteroatoms. The van der Waals surface area contributed by atoms with Crippen LogP contribution < -0.4 is 5.32 Å². The Balaban J connectivity index is 2.17. The molecule has 0 aliphatic carbocycles. The van der Waals surface area contributed by atoms with Gasteiger partial charge in [0.05, 0.1) is 13.5 Å². The number of nitrogens with zero attached hydrogens (tertiary/aromatic N) is 1. The van der Waals surface area contributed by atoms with Gasteiger partial charge in [0.1, 0.15) is 5.82 Å². The fourth-order valence-corrected chi connectivity index (χ4v) is 2.80. The third-order valence-corrected chi connectivity index (χ3v) is 4.22. The Kier molecular flexibility index (Phi) is 5.81. The Morgan fingerprint density at radius 1 is 1.35 bits per heavy atom. The van der Waals surface area contributed by atoms with E-state index in [9.17, 15) is 14.0 Å². The molecule has 1 amide bonds. The SMILES string of the molecule is CCc1sncc1-c1cc(F)cc(C(=O)NCCC(=O)OC)c1. The summed E-state index contributed by atoms with van der Waals surface area (Å²) in [5.41, 5.74) is 1.66. The van der Waals surface area contributed by atoms with Crippen LogP contribution in [0.3, 0.4) is 0 Å². The first kappa shape index (κ1) is 17.1. The second-order valence-corrected chi connectivity index (χ2v) is 5.71. The van der Waals surface area contributed by atoms with E-state index in [0.29, 0.717) is 5.56 Å². The molecule has 0 aliphatic rings. The van der Waals surface area contributed by atoms with E-state index in [1.807, 2.05) is 6.92 Å². The van der Waals surface area contributed by atoms with Crippen LogP contribution in [0, 0.1) is 5.82 Å². The van der Waals surface area contributed by atoms with Crippen LogP contribution in [-0.2, 0) is 16.0 Å². The first-order valence-electron chi connectivity index (χ1n) is 7.14. The average Bonchev–Trinajstić information content (AvgIpc) is 3.02. The topological polar surface area (TPSA) is 68.3 Å². The van der Waals surface area contributed by atoms with Crippen molar-refractivity contribution in [2.45, 2.75) is 19.8 Å². The molecule has 1 aromatic carbocycles. The Morgan fingerprint density at radius 2 is 2.13 bits per heavy atom. The molecule has 1 N–H and O–H groups in total. The molecule has 2 rings (SSSR count). The molecule has 1 aromatic heterocycles. The summed E-state index contributed by atoms with van der Waals surface area (Å²) in [6.07, 6.45) is 2.53. The smallest absolute Gasteiger partial charge is 0.307 e. The Hall–Kier alpha value is -2.28. The number of halogens is 1. The first-order valence-corrected chi connectivity index (χ1v) is 7.92. The highest BCUT2D eigenvalue weighted by molar-refractivity contribution is 7.06. The quantitative estimate of drug-likeness (QED) is 0.824. The highest BCUT2D eigenvalue weighted by atomic mass is 32.1. The maximum absolute atomic E-state index is 13.8. The minimum absolute atomic E-state index is 0.0683. The average molecular weight is 336 g/mol. The Bertz CT molecular complexity index is 715. The zero-order chi connectivity index (χ0) is 16.8. The number of methoxy groups -OCH3 is 1. The number of hydrogen-bond donors (Lipinski definition) is 1. The second-order valence-electron chi connectivity index (χ2n) is 4.83. The van der Waals surface area contributed by atoms with Crippen molar-refractivity contribution in [1.82, 2.24) is 9.69 Å². The number of benzene rings is 1. The van der Waals surface area contributed by atoms with Crippen LogP contribution in [0.4, 0.5) is 4.39 Å². The molecule has 0 radical (unpaired) electrons. The van der Waals surface area contributed by atoms with Crippen LogP contribution in [0.1, 0.15) is 28.6 Å². The lowest BCUT2D eigenvalue weighted by atomic mass is 10.0. The fourth-order valence-electron chi connectivity index (χ4n) is 2.11. The molecule has 0 saturated carbocycles. The van der Waals surface area contributed by atoms with Crippen LogP contribution in [0.2, 0.25) is 0 Å². The van der Waals surface area contributed by atoms with Gasteiger partial charge >= 0.3 is 5.97 Å². The molecule has 0 bridgehead atoms. The molecule has 0 spiro atoms. The highest BCUT2D eigenvalue weighted by Gasteiger charge is 2.13. The van der Waals surface area contributed by atoms with Gasteiger partial charge in [0.15, 0.2) is 0 Å². The Labute approximate surface area is 137 Å². The van der Waals surface area contributed by atoms with Gasteiger partial charge in [0.25, 0.3) is 5.91 Å². The van der Waals surface area contributed by atoms with E-state index in [1.165, 1.54) is 30.8 Å². The van der Waals surface area contributed by atoms with E-state index >= 15 is 0 Å². The van der Waals surface area contributed by atoms with Crippen molar-refractivity contribution >= 4 is 23.4 Å². The highest BCUT2D eigenvalue weighted by Crippen LogP contribution is 2.28. The first-order chi connectivity index (χ1) is 11.0. The minimum atomic E-state index is -0.492. The van der Waals surface area contributed by atoms with E-state index in [4.69, 9.17) is 0 Å². The number of nitrogens with one attached hydrogen (secondary N) is 1. The molecule has 0 aliphatic heterocycles. The zero-order valence-corrected chi connectivity index (χ0v) is 13.7. The van der Waals surface area contributed by atoms with Crippen LogP contribution in [0.15, 0.2) is 24.4 Å². The molecule has 23 heavy (non-hydrogen) atoms. The summed E-state index contributed by atoms with van der Waals surface area (Å²) < 4.78 is 22.5. The molecule has 2 aromatic rings. The van der Waals surface area contributed by atoms with Crippen LogP contribution in [0.5, 0.6) is 0 Å². The normalized spacial score (nSPS) is 10.4. The minimum Gasteiger partial charge on any atom is -0.469 e. The van der Waals surface area contributed by atoms with Crippen molar-refractivity contribution in [3.63, 3.8) is 0 Å². The number of carbonyl (C=O) groups excluding carboxylic acids is 2. The largest absolute Gasteiger partial charge is 0.469 e. The number of hydrogen-bond acceptors (Lipinski definition) is 5. The summed E-state index contributed by atoms with van der Waals surface area (Å²) in [6.45, 7) is 2.13. The predicted octanol–water partition coefficient (Wildman–Crippen LogP) is 2.80. The Morgan fingerprint density at radius 3 is 2.83 bits per heavy atom. The van der Waals surface area contributed by atoms with E-state index in [0.717, 1.165) is 16.9 Å². The number of ether oxygens (including phenoxy) is 1. The standard InChI is InChI=1S/C16H17FN2O3S/c1-3-14-13(9-19-23-14)10-6-11(8-12(17)7-10)16(21)18-5-4-15(20)22-2/h6-9H,3-5H2,1-2H3,(H,18,21). The third-order valence-electron chi connectivity index (χ3n) is 3.28. The van der Waals surface area contributed by atoms with Gasteiger partial charge < -0.3 is 10.1 Å². The van der Waals surface area contributed by atoms with Crippen molar-refractivity contribution in [3.8, 4) is 11.1 Å². The molecule has 122 valence electrons. The number of aryl methyl sites for hydroxylation is 1. The summed E-state index contributed by atoms with van der Waals surface area (Å²) >= 11 is 1.36. The van der Waals surface area contributed by atoms with Crippen LogP contribution in [0.25, 0.3) is 11.1 Å². The lowest BCUT2D eigenvalue weighted by Crippen LogP contribution is -2.26. The van der Waals surface area contributed by atoms with E-state index in [2.05, 4.69) is 14.4 Å². The maximum Gasteiger partial charge on any atom is 0.307 e. The van der Waals surface area contributed by atoms with E-state index in [-0.39, 0.29) is 18.5 Å². The number of esters is 1. The molecular formula is C16H17FN2O3S. The monoisotopic (exact) mass is 336 g/mol. The third kappa shape index (κ3) is 4.35. The summed E-state index contributed by atoms with van der Waals surface area (Å²) in [6, 6.07) is 4.18. The number of amides is 1. The van der Waals surface area contributed by atoms with Gasteiger partial charge in [0.2, 0.25) is 0 Å². The van der Waals surface area contributed by atoms with Gasteiger partial charge in [-0.05, 0) is 41.7 Å². The molecule has 0 atom stereocenters. The van der Waals surface area contributed by atoms with Gasteiger partial charge in [0, 0.05) is 28.7 Å². The zero-order valence-electron chi connectivity index (χ0n) is 12.9. The van der Waals surface area contributed by atoms with Crippen LogP contribution in [-0.4, -0.2) is 29.9 Å². The summed E-state index contributed by atoms with van der Waals surface area (Å²) in [4.78, 5) is 24.2. The number of aromatic nitrogens is 1. The fraction of sp³-hybridized carbons (Fsp3) is 0.312. The van der Waals surface area contributed by atoms with Gasteiger partial charge in [-0.2, -0.15) is 0 Å². The van der Waals surface area contributed by atoms with Crippen molar-refractivity contribution in [2.24, 2.45) is 0 Å².